The maximum Gasteiger partial charge on any atom is 0.120 e. The fourth-order valence-corrected chi connectivity index (χ4v) is 1.76. The molecule has 2 rings (SSSR count). The second-order valence-electron chi connectivity index (χ2n) is 4.07. The molecule has 0 bridgehead atoms. The Balaban J connectivity index is 2.00. The molecule has 0 spiro atoms. The molecule has 1 unspecified atom stereocenters. The van der Waals surface area contributed by atoms with E-state index in [1.54, 1.807) is 6.26 Å². The summed E-state index contributed by atoms with van der Waals surface area (Å²) in [5.74, 6) is 2.83. The normalized spacial score (nSPS) is 14.9. The molecule has 3 heteroatoms. The Morgan fingerprint density at radius 1 is 1.06 bits per heavy atom. The minimum absolute atomic E-state index is 0.175. The lowest BCUT2D eigenvalue weighted by atomic mass is 10.2. The molecule has 0 aromatic carbocycles. The van der Waals surface area contributed by atoms with E-state index in [4.69, 9.17) is 8.83 Å². The van der Waals surface area contributed by atoms with E-state index in [2.05, 4.69) is 19.2 Å². The van der Waals surface area contributed by atoms with Crippen molar-refractivity contribution in [1.29, 1.82) is 0 Å². The molecule has 2 aromatic heterocycles. The molecule has 0 amide bonds. The first-order valence-electron chi connectivity index (χ1n) is 5.52. The quantitative estimate of drug-likeness (QED) is 0.853. The van der Waals surface area contributed by atoms with Gasteiger partial charge in [0.25, 0.3) is 0 Å². The van der Waals surface area contributed by atoms with Gasteiger partial charge in [-0.05, 0) is 45.0 Å². The summed E-state index contributed by atoms with van der Waals surface area (Å²) in [6.45, 7) is 6.11. The summed E-state index contributed by atoms with van der Waals surface area (Å²) in [4.78, 5) is 0. The summed E-state index contributed by atoms with van der Waals surface area (Å²) >= 11 is 0. The number of hydrogen-bond donors (Lipinski definition) is 1. The van der Waals surface area contributed by atoms with Gasteiger partial charge in [0.15, 0.2) is 0 Å². The molecular formula is C13H17NO2. The van der Waals surface area contributed by atoms with E-state index in [0.29, 0.717) is 0 Å². The Morgan fingerprint density at radius 2 is 1.81 bits per heavy atom. The van der Waals surface area contributed by atoms with Crippen LogP contribution in [0.4, 0.5) is 0 Å². The Bertz CT molecular complexity index is 430. The first-order valence-corrected chi connectivity index (χ1v) is 5.52. The minimum Gasteiger partial charge on any atom is -0.468 e. The lowest BCUT2D eigenvalue weighted by Gasteiger charge is -2.16. The maximum absolute atomic E-state index is 5.57. The van der Waals surface area contributed by atoms with Gasteiger partial charge in [-0.25, -0.2) is 0 Å². The molecule has 1 N–H and O–H groups in total. The third kappa shape index (κ3) is 2.36. The van der Waals surface area contributed by atoms with E-state index >= 15 is 0 Å². The Hall–Kier alpha value is -1.48. The van der Waals surface area contributed by atoms with Gasteiger partial charge < -0.3 is 8.83 Å². The molecule has 0 aliphatic heterocycles. The third-order valence-electron chi connectivity index (χ3n) is 2.66. The molecule has 2 atom stereocenters. The summed E-state index contributed by atoms with van der Waals surface area (Å²) in [6.07, 6.45) is 1.69. The van der Waals surface area contributed by atoms with Gasteiger partial charge in [-0.2, -0.15) is 0 Å². The summed E-state index contributed by atoms with van der Waals surface area (Å²) in [5, 5.41) is 3.42. The molecule has 2 aromatic rings. The standard InChI is InChI=1S/C13H17NO2/c1-9-6-7-13(16-9)11(3)14-10(2)12-5-4-8-15-12/h4-8,10-11,14H,1-3H3/t10-,11?/m0/s1. The average Bonchev–Trinajstić information content (AvgIpc) is 2.87. The van der Waals surface area contributed by atoms with Crippen LogP contribution in [-0.4, -0.2) is 0 Å². The van der Waals surface area contributed by atoms with Crippen molar-refractivity contribution in [2.45, 2.75) is 32.9 Å². The third-order valence-corrected chi connectivity index (χ3v) is 2.66. The predicted octanol–water partition coefficient (Wildman–Crippen LogP) is 3.59. The topological polar surface area (TPSA) is 38.3 Å². The monoisotopic (exact) mass is 219 g/mol. The number of nitrogens with one attached hydrogen (secondary N) is 1. The summed E-state index contributed by atoms with van der Waals surface area (Å²) in [6, 6.07) is 8.20. The second kappa shape index (κ2) is 4.58. The van der Waals surface area contributed by atoms with Crippen molar-refractivity contribution in [3.63, 3.8) is 0 Å². The van der Waals surface area contributed by atoms with Crippen LogP contribution in [0.5, 0.6) is 0 Å². The summed E-state index contributed by atoms with van der Waals surface area (Å²) < 4.78 is 10.9. The molecule has 3 nitrogen and oxygen atoms in total. The first-order chi connectivity index (χ1) is 7.66. The van der Waals surface area contributed by atoms with Gasteiger partial charge in [0.05, 0.1) is 18.3 Å². The largest absolute Gasteiger partial charge is 0.468 e. The van der Waals surface area contributed by atoms with Crippen molar-refractivity contribution >= 4 is 0 Å². The molecule has 16 heavy (non-hydrogen) atoms. The lowest BCUT2D eigenvalue weighted by molar-refractivity contribution is 0.361. The van der Waals surface area contributed by atoms with Crippen LogP contribution in [-0.2, 0) is 0 Å². The zero-order valence-electron chi connectivity index (χ0n) is 9.86. The van der Waals surface area contributed by atoms with Crippen LogP contribution in [0.25, 0.3) is 0 Å². The number of rotatable bonds is 4. The van der Waals surface area contributed by atoms with Gasteiger partial charge in [-0.15, -0.1) is 0 Å². The van der Waals surface area contributed by atoms with E-state index < -0.39 is 0 Å². The second-order valence-corrected chi connectivity index (χ2v) is 4.07. The minimum atomic E-state index is 0.175. The molecule has 0 aliphatic carbocycles. The maximum atomic E-state index is 5.57. The van der Waals surface area contributed by atoms with E-state index in [0.717, 1.165) is 17.3 Å². The van der Waals surface area contributed by atoms with E-state index in [-0.39, 0.29) is 12.1 Å². The molecule has 0 saturated carbocycles. The Kier molecular flexibility index (Phi) is 3.15. The van der Waals surface area contributed by atoms with Gasteiger partial charge in [0.1, 0.15) is 17.3 Å². The highest BCUT2D eigenvalue weighted by Gasteiger charge is 2.15. The fraction of sp³-hybridized carbons (Fsp3) is 0.385. The molecule has 0 fully saturated rings. The first kappa shape index (κ1) is 11.0. The molecule has 0 radical (unpaired) electrons. The summed E-state index contributed by atoms with van der Waals surface area (Å²) in [7, 11) is 0. The molecule has 0 aliphatic rings. The number of aryl methyl sites for hydroxylation is 1. The van der Waals surface area contributed by atoms with Gasteiger partial charge in [0.2, 0.25) is 0 Å². The Morgan fingerprint density at radius 3 is 2.38 bits per heavy atom. The van der Waals surface area contributed by atoms with Crippen LogP contribution in [0.15, 0.2) is 39.4 Å². The van der Waals surface area contributed by atoms with Crippen molar-refractivity contribution in [2.24, 2.45) is 0 Å². The van der Waals surface area contributed by atoms with Crippen molar-refractivity contribution in [1.82, 2.24) is 5.32 Å². The number of furan rings is 2. The molecule has 0 saturated heterocycles. The van der Waals surface area contributed by atoms with Crippen molar-refractivity contribution in [2.75, 3.05) is 0 Å². The highest BCUT2D eigenvalue weighted by Crippen LogP contribution is 2.20. The molecular weight excluding hydrogens is 202 g/mol. The van der Waals surface area contributed by atoms with E-state index in [1.807, 2.05) is 31.2 Å². The SMILES string of the molecule is Cc1ccc(C(C)N[C@@H](C)c2ccco2)o1. The average molecular weight is 219 g/mol. The molecule has 86 valence electrons. The fourth-order valence-electron chi connectivity index (χ4n) is 1.76. The summed E-state index contributed by atoms with van der Waals surface area (Å²) in [5.41, 5.74) is 0. The predicted molar refractivity (Wildman–Crippen MR) is 62.1 cm³/mol. The van der Waals surface area contributed by atoms with Crippen molar-refractivity contribution < 1.29 is 8.83 Å². The highest BCUT2D eigenvalue weighted by molar-refractivity contribution is 5.10. The zero-order chi connectivity index (χ0) is 11.5. The van der Waals surface area contributed by atoms with Crippen LogP contribution in [0.3, 0.4) is 0 Å². The van der Waals surface area contributed by atoms with Crippen LogP contribution in [0.2, 0.25) is 0 Å². The van der Waals surface area contributed by atoms with E-state index in [1.165, 1.54) is 0 Å². The van der Waals surface area contributed by atoms with Crippen molar-refractivity contribution in [3.8, 4) is 0 Å². The number of hydrogen-bond acceptors (Lipinski definition) is 3. The van der Waals surface area contributed by atoms with Crippen molar-refractivity contribution in [3.05, 3.63) is 47.8 Å². The van der Waals surface area contributed by atoms with Crippen LogP contribution in [0.1, 0.15) is 43.2 Å². The highest BCUT2D eigenvalue weighted by atomic mass is 16.3. The zero-order valence-corrected chi connectivity index (χ0v) is 9.86. The lowest BCUT2D eigenvalue weighted by Crippen LogP contribution is -2.21. The van der Waals surface area contributed by atoms with Gasteiger partial charge >= 0.3 is 0 Å². The molecule has 2 heterocycles. The van der Waals surface area contributed by atoms with Gasteiger partial charge in [0, 0.05) is 0 Å². The van der Waals surface area contributed by atoms with Crippen LogP contribution < -0.4 is 5.32 Å². The smallest absolute Gasteiger partial charge is 0.120 e. The Labute approximate surface area is 95.5 Å². The van der Waals surface area contributed by atoms with Gasteiger partial charge in [-0.1, -0.05) is 0 Å². The van der Waals surface area contributed by atoms with Gasteiger partial charge in [-0.3, -0.25) is 5.32 Å². The van der Waals surface area contributed by atoms with Crippen LogP contribution >= 0.6 is 0 Å². The van der Waals surface area contributed by atoms with E-state index in [9.17, 15) is 0 Å². The van der Waals surface area contributed by atoms with Crippen LogP contribution in [0, 0.1) is 6.92 Å².